The van der Waals surface area contributed by atoms with Gasteiger partial charge in [0.25, 0.3) is 5.56 Å². The Labute approximate surface area is 221 Å². The fourth-order valence-corrected chi connectivity index (χ4v) is 4.49. The number of aromatic carboxylic acids is 1. The number of nitrogens with zero attached hydrogens (tertiary/aromatic N) is 2. The highest BCUT2D eigenvalue weighted by Gasteiger charge is 2.26. The molecule has 3 rings (SSSR count). The number of carbonyl (C=O) groups is 3. The summed E-state index contributed by atoms with van der Waals surface area (Å²) in [6.07, 6.45) is 0.598. The third-order valence-corrected chi connectivity index (χ3v) is 7.34. The molecule has 2 heterocycles. The Balaban J connectivity index is 2.23. The summed E-state index contributed by atoms with van der Waals surface area (Å²) in [5.74, 6) is -1.81. The van der Waals surface area contributed by atoms with E-state index in [-0.39, 0.29) is 29.1 Å². The second-order valence-corrected chi connectivity index (χ2v) is 16.8. The Hall–Kier alpha value is -3.70. The average Bonchev–Trinajstić information content (AvgIpc) is 3.19. The molecule has 0 unspecified atom stereocenters. The summed E-state index contributed by atoms with van der Waals surface area (Å²) in [4.78, 5) is 51.0. The third-order valence-electron chi connectivity index (χ3n) is 5.63. The highest BCUT2D eigenvalue weighted by atomic mass is 28.3. The third kappa shape index (κ3) is 6.78. The van der Waals surface area contributed by atoms with Gasteiger partial charge in [0.15, 0.2) is 0 Å². The Bertz CT molecular complexity index is 1440. The molecule has 0 spiro atoms. The van der Waals surface area contributed by atoms with Gasteiger partial charge in [-0.05, 0) is 57.1 Å². The second kappa shape index (κ2) is 11.0. The number of hydrogen-bond donors (Lipinski definition) is 1. The summed E-state index contributed by atoms with van der Waals surface area (Å²) in [5, 5.41) is 9.85. The second-order valence-electron chi connectivity index (χ2n) is 11.2. The van der Waals surface area contributed by atoms with Crippen molar-refractivity contribution >= 4 is 37.0 Å². The molecular formula is C27H34N2O8Si. The van der Waals surface area contributed by atoms with Gasteiger partial charge in [0, 0.05) is 26.3 Å². The molecule has 1 N–H and O–H groups in total. The first kappa shape index (κ1) is 28.9. The number of aromatic nitrogens is 2. The fraction of sp³-hybridized carbons (Fsp3) is 0.407. The molecule has 2 aromatic heterocycles. The molecule has 0 bridgehead atoms. The van der Waals surface area contributed by atoms with Crippen LogP contribution in [0.2, 0.25) is 25.7 Å². The standard InChI is InChI=1S/C27H34N2O8Si/c1-27(2,3)37-26(34)29-21-9-8-17(24(31)32)12-18(21)14-22(29)20-13-19(25(33)35-4)15-28(23(20)30)16-36-10-11-38(5,6)7/h8-9,12-15H,10-11,16H2,1-7H3,(H,31,32). The van der Waals surface area contributed by atoms with E-state index in [1.807, 2.05) is 0 Å². The lowest BCUT2D eigenvalue weighted by molar-refractivity contribution is 0.0545. The SMILES string of the molecule is COC(=O)c1cc(-c2cc3cc(C(=O)O)ccc3n2C(=O)OC(C)(C)C)c(=O)n(COCC[Si](C)(C)C)c1. The van der Waals surface area contributed by atoms with Crippen LogP contribution >= 0.6 is 0 Å². The van der Waals surface area contributed by atoms with Crippen LogP contribution in [0, 0.1) is 0 Å². The zero-order valence-corrected chi connectivity index (χ0v) is 23.8. The molecule has 38 heavy (non-hydrogen) atoms. The maximum Gasteiger partial charge on any atom is 0.419 e. The van der Waals surface area contributed by atoms with Crippen molar-refractivity contribution in [2.45, 2.75) is 58.8 Å². The molecule has 0 amide bonds. The lowest BCUT2D eigenvalue weighted by atomic mass is 10.1. The lowest BCUT2D eigenvalue weighted by Gasteiger charge is -2.21. The largest absolute Gasteiger partial charge is 0.478 e. The molecule has 0 atom stereocenters. The Morgan fingerprint density at radius 2 is 1.71 bits per heavy atom. The summed E-state index contributed by atoms with van der Waals surface area (Å²) in [7, 11) is -0.133. The number of pyridine rings is 1. The number of carbonyl (C=O) groups excluding carboxylic acids is 2. The van der Waals surface area contributed by atoms with Crippen molar-refractivity contribution in [1.82, 2.24) is 9.13 Å². The minimum Gasteiger partial charge on any atom is -0.478 e. The molecule has 0 aliphatic carbocycles. The van der Waals surface area contributed by atoms with E-state index in [4.69, 9.17) is 14.2 Å². The number of carboxylic acid groups (broad SMARTS) is 1. The van der Waals surface area contributed by atoms with Gasteiger partial charge in [0.05, 0.1) is 35.0 Å². The number of esters is 1. The smallest absolute Gasteiger partial charge is 0.419 e. The van der Waals surface area contributed by atoms with Gasteiger partial charge in [-0.15, -0.1) is 0 Å². The Kier molecular flexibility index (Phi) is 8.32. The van der Waals surface area contributed by atoms with Gasteiger partial charge in [-0.25, -0.2) is 19.0 Å². The van der Waals surface area contributed by atoms with E-state index >= 15 is 0 Å². The molecule has 10 nitrogen and oxygen atoms in total. The van der Waals surface area contributed by atoms with E-state index in [2.05, 4.69) is 19.6 Å². The summed E-state index contributed by atoms with van der Waals surface area (Å²) in [6.45, 7) is 12.1. The predicted molar refractivity (Wildman–Crippen MR) is 146 cm³/mol. The molecular weight excluding hydrogens is 508 g/mol. The van der Waals surface area contributed by atoms with Crippen LogP contribution < -0.4 is 5.56 Å². The van der Waals surface area contributed by atoms with Crippen LogP contribution in [0.1, 0.15) is 41.5 Å². The molecule has 0 saturated carbocycles. The highest BCUT2D eigenvalue weighted by Crippen LogP contribution is 2.29. The molecule has 0 saturated heterocycles. The number of fused-ring (bicyclic) bond motifs is 1. The molecule has 0 aliphatic rings. The Morgan fingerprint density at radius 3 is 2.29 bits per heavy atom. The van der Waals surface area contributed by atoms with Crippen LogP contribution in [0.25, 0.3) is 22.2 Å². The Morgan fingerprint density at radius 1 is 1.03 bits per heavy atom. The van der Waals surface area contributed by atoms with Crippen molar-refractivity contribution in [3.05, 3.63) is 58.0 Å². The van der Waals surface area contributed by atoms with E-state index in [0.717, 1.165) is 6.04 Å². The van der Waals surface area contributed by atoms with Crippen molar-refractivity contribution in [2.24, 2.45) is 0 Å². The number of benzene rings is 1. The quantitative estimate of drug-likeness (QED) is 0.238. The van der Waals surface area contributed by atoms with E-state index in [9.17, 15) is 24.3 Å². The molecule has 11 heteroatoms. The van der Waals surface area contributed by atoms with Crippen LogP contribution in [0.4, 0.5) is 4.79 Å². The monoisotopic (exact) mass is 542 g/mol. The minimum atomic E-state index is -1.36. The van der Waals surface area contributed by atoms with E-state index in [0.29, 0.717) is 17.5 Å². The number of carboxylic acids is 1. The number of ether oxygens (including phenoxy) is 3. The maximum atomic E-state index is 13.6. The average molecular weight is 543 g/mol. The first-order valence-electron chi connectivity index (χ1n) is 12.1. The van der Waals surface area contributed by atoms with Crippen LogP contribution in [0.3, 0.4) is 0 Å². The molecule has 0 aliphatic heterocycles. The van der Waals surface area contributed by atoms with Crippen LogP contribution in [0.5, 0.6) is 0 Å². The van der Waals surface area contributed by atoms with Gasteiger partial charge >= 0.3 is 18.0 Å². The summed E-state index contributed by atoms with van der Waals surface area (Å²) >= 11 is 0. The predicted octanol–water partition coefficient (Wildman–Crippen LogP) is 5.05. The molecule has 0 radical (unpaired) electrons. The number of methoxy groups -OCH3 is 1. The molecule has 1 aromatic carbocycles. The molecule has 204 valence electrons. The first-order valence-corrected chi connectivity index (χ1v) is 15.8. The van der Waals surface area contributed by atoms with Crippen molar-refractivity contribution in [3.63, 3.8) is 0 Å². The zero-order chi connectivity index (χ0) is 28.4. The van der Waals surface area contributed by atoms with Gasteiger partial charge in [-0.1, -0.05) is 19.6 Å². The van der Waals surface area contributed by atoms with Gasteiger partial charge in [0.2, 0.25) is 0 Å². The number of hydrogen-bond acceptors (Lipinski definition) is 7. The highest BCUT2D eigenvalue weighted by molar-refractivity contribution is 6.76. The molecule has 0 fully saturated rings. The van der Waals surface area contributed by atoms with Gasteiger partial charge in [0.1, 0.15) is 12.3 Å². The van der Waals surface area contributed by atoms with E-state index < -0.39 is 37.3 Å². The van der Waals surface area contributed by atoms with Crippen molar-refractivity contribution in [1.29, 1.82) is 0 Å². The van der Waals surface area contributed by atoms with Crippen molar-refractivity contribution in [2.75, 3.05) is 13.7 Å². The van der Waals surface area contributed by atoms with Crippen molar-refractivity contribution < 1.29 is 33.7 Å². The summed E-state index contributed by atoms with van der Waals surface area (Å²) < 4.78 is 18.7. The van der Waals surface area contributed by atoms with Crippen LogP contribution in [-0.2, 0) is 20.9 Å². The normalized spacial score (nSPS) is 12.0. The van der Waals surface area contributed by atoms with E-state index in [1.54, 1.807) is 20.8 Å². The minimum absolute atomic E-state index is 0.0157. The number of rotatable bonds is 8. The van der Waals surface area contributed by atoms with E-state index in [1.165, 1.54) is 52.8 Å². The zero-order valence-electron chi connectivity index (χ0n) is 22.8. The van der Waals surface area contributed by atoms with Crippen molar-refractivity contribution in [3.8, 4) is 11.3 Å². The fourth-order valence-electron chi connectivity index (χ4n) is 3.74. The lowest BCUT2D eigenvalue weighted by Crippen LogP contribution is -2.29. The van der Waals surface area contributed by atoms with Gasteiger partial charge in [-0.3, -0.25) is 9.36 Å². The summed E-state index contributed by atoms with van der Waals surface area (Å²) in [5.41, 5.74) is -0.727. The summed E-state index contributed by atoms with van der Waals surface area (Å²) in [6, 6.07) is 8.02. The topological polar surface area (TPSA) is 126 Å². The molecule has 3 aromatic rings. The van der Waals surface area contributed by atoms with Crippen LogP contribution in [0.15, 0.2) is 41.3 Å². The maximum absolute atomic E-state index is 13.6. The van der Waals surface area contributed by atoms with Gasteiger partial charge < -0.3 is 19.3 Å². The first-order chi connectivity index (χ1) is 17.6. The van der Waals surface area contributed by atoms with Gasteiger partial charge in [-0.2, -0.15) is 0 Å². The van der Waals surface area contributed by atoms with Crippen LogP contribution in [-0.4, -0.2) is 59.7 Å².